The number of halogens is 1. The van der Waals surface area contributed by atoms with Crippen LogP contribution in [-0.2, 0) is 16.4 Å². The number of rotatable bonds is 7. The van der Waals surface area contributed by atoms with Crippen LogP contribution in [0.2, 0.25) is 0 Å². The van der Waals surface area contributed by atoms with E-state index in [4.69, 9.17) is 4.52 Å². The van der Waals surface area contributed by atoms with Crippen molar-refractivity contribution in [1.82, 2.24) is 14.4 Å². The van der Waals surface area contributed by atoms with E-state index >= 15 is 0 Å². The van der Waals surface area contributed by atoms with Gasteiger partial charge in [0, 0.05) is 29.0 Å². The number of nitrogens with zero attached hydrogens (tertiary/aromatic N) is 3. The molecule has 0 unspecified atom stereocenters. The Morgan fingerprint density at radius 2 is 1.71 bits per heavy atom. The molecule has 0 bridgehead atoms. The third kappa shape index (κ3) is 5.25. The second-order valence-electron chi connectivity index (χ2n) is 7.99. The summed E-state index contributed by atoms with van der Waals surface area (Å²) in [6.07, 6.45) is 5.43. The van der Waals surface area contributed by atoms with E-state index in [9.17, 15) is 8.42 Å². The van der Waals surface area contributed by atoms with Gasteiger partial charge in [0.2, 0.25) is 21.7 Å². The van der Waals surface area contributed by atoms with Crippen molar-refractivity contribution < 1.29 is 12.9 Å². The van der Waals surface area contributed by atoms with Gasteiger partial charge in [0.15, 0.2) is 0 Å². The minimum absolute atomic E-state index is 0.00826. The summed E-state index contributed by atoms with van der Waals surface area (Å²) in [6.45, 7) is 2.27. The number of sulfonamides is 1. The maximum Gasteiger partial charge on any atom is 0.243 e. The minimum Gasteiger partial charge on any atom is -0.339 e. The molecular formula is C23H26BrN3O3S. The lowest BCUT2D eigenvalue weighted by Gasteiger charge is -2.33. The largest absolute Gasteiger partial charge is 0.339 e. The molecule has 1 aromatic heterocycles. The van der Waals surface area contributed by atoms with Gasteiger partial charge in [-0.15, -0.1) is 0 Å². The highest BCUT2D eigenvalue weighted by Gasteiger charge is 2.32. The molecule has 1 heterocycles. The first-order valence-electron chi connectivity index (χ1n) is 10.6. The van der Waals surface area contributed by atoms with Gasteiger partial charge < -0.3 is 4.52 Å². The summed E-state index contributed by atoms with van der Waals surface area (Å²) in [4.78, 5) is 4.82. The highest BCUT2D eigenvalue weighted by Crippen LogP contribution is 2.28. The van der Waals surface area contributed by atoms with E-state index in [1.807, 2.05) is 43.3 Å². The molecule has 1 saturated carbocycles. The minimum atomic E-state index is -3.60. The molecule has 4 rings (SSSR count). The third-order valence-electron chi connectivity index (χ3n) is 5.73. The van der Waals surface area contributed by atoms with Crippen LogP contribution in [0.25, 0.3) is 11.4 Å². The van der Waals surface area contributed by atoms with E-state index in [1.54, 1.807) is 16.4 Å². The summed E-state index contributed by atoms with van der Waals surface area (Å²) >= 11 is 3.42. The second kappa shape index (κ2) is 9.63. The molecule has 1 fully saturated rings. The first-order chi connectivity index (χ1) is 14.9. The maximum atomic E-state index is 13.5. The Bertz CT molecular complexity index is 1110. The van der Waals surface area contributed by atoms with Gasteiger partial charge in [0.25, 0.3) is 0 Å². The molecule has 0 N–H and O–H groups in total. The quantitative estimate of drug-likeness (QED) is 0.432. The number of hydrogen-bond donors (Lipinski definition) is 0. The molecular weight excluding hydrogens is 478 g/mol. The Balaban J connectivity index is 1.54. The van der Waals surface area contributed by atoms with Gasteiger partial charge in [0.1, 0.15) is 0 Å². The van der Waals surface area contributed by atoms with Crippen molar-refractivity contribution in [3.63, 3.8) is 0 Å². The zero-order chi connectivity index (χ0) is 21.8. The number of hydrogen-bond acceptors (Lipinski definition) is 5. The number of aryl methyl sites for hydroxylation is 1. The van der Waals surface area contributed by atoms with Crippen LogP contribution in [0.4, 0.5) is 0 Å². The van der Waals surface area contributed by atoms with Crippen molar-refractivity contribution in [3.05, 3.63) is 64.5 Å². The second-order valence-corrected chi connectivity index (χ2v) is 10.8. The molecule has 2 aromatic carbocycles. The zero-order valence-electron chi connectivity index (χ0n) is 17.5. The Morgan fingerprint density at radius 1 is 1.03 bits per heavy atom. The smallest absolute Gasteiger partial charge is 0.243 e. The lowest BCUT2D eigenvalue weighted by molar-refractivity contribution is 0.247. The van der Waals surface area contributed by atoms with Gasteiger partial charge in [-0.1, -0.05) is 58.0 Å². The Kier molecular flexibility index (Phi) is 6.89. The highest BCUT2D eigenvalue weighted by atomic mass is 79.9. The molecule has 6 nitrogen and oxygen atoms in total. The predicted octanol–water partition coefficient (Wildman–Crippen LogP) is 5.37. The molecule has 0 radical (unpaired) electrons. The van der Waals surface area contributed by atoms with Crippen LogP contribution in [0, 0.1) is 6.92 Å². The van der Waals surface area contributed by atoms with Crippen molar-refractivity contribution in [2.45, 2.75) is 56.4 Å². The normalized spacial score (nSPS) is 15.5. The van der Waals surface area contributed by atoms with Crippen molar-refractivity contribution in [3.8, 4) is 11.4 Å². The topological polar surface area (TPSA) is 76.3 Å². The fourth-order valence-corrected chi connectivity index (χ4v) is 5.94. The van der Waals surface area contributed by atoms with Crippen LogP contribution in [0.5, 0.6) is 0 Å². The molecule has 0 atom stereocenters. The van der Waals surface area contributed by atoms with Crippen molar-refractivity contribution in [1.29, 1.82) is 0 Å². The number of benzene rings is 2. The van der Waals surface area contributed by atoms with E-state index < -0.39 is 10.0 Å². The van der Waals surface area contributed by atoms with E-state index in [0.717, 1.165) is 47.7 Å². The van der Waals surface area contributed by atoms with Gasteiger partial charge in [-0.05, 0) is 56.2 Å². The van der Waals surface area contributed by atoms with Crippen LogP contribution in [0.3, 0.4) is 0 Å². The zero-order valence-corrected chi connectivity index (χ0v) is 19.9. The van der Waals surface area contributed by atoms with E-state index in [2.05, 4.69) is 26.1 Å². The van der Waals surface area contributed by atoms with Gasteiger partial charge in [0.05, 0.1) is 4.90 Å². The van der Waals surface area contributed by atoms with Crippen molar-refractivity contribution in [2.75, 3.05) is 6.54 Å². The lowest BCUT2D eigenvalue weighted by atomic mass is 9.95. The summed E-state index contributed by atoms with van der Waals surface area (Å²) in [7, 11) is -3.60. The average molecular weight is 504 g/mol. The lowest BCUT2D eigenvalue weighted by Crippen LogP contribution is -2.42. The average Bonchev–Trinajstić information content (AvgIpc) is 3.24. The maximum absolute atomic E-state index is 13.5. The molecule has 31 heavy (non-hydrogen) atoms. The molecule has 0 aliphatic heterocycles. The highest BCUT2D eigenvalue weighted by molar-refractivity contribution is 9.10. The van der Waals surface area contributed by atoms with Crippen molar-refractivity contribution in [2.24, 2.45) is 0 Å². The molecule has 1 aliphatic rings. The fourth-order valence-electron chi connectivity index (χ4n) is 3.99. The van der Waals surface area contributed by atoms with E-state index in [-0.39, 0.29) is 6.04 Å². The molecule has 0 saturated heterocycles. The SMILES string of the molecule is Cc1ccc(S(=O)(=O)N(CCc2nc(-c3ccc(Br)cc3)no2)C2CCCCC2)cc1. The standard InChI is InChI=1S/C23H26BrN3O3S/c1-17-7-13-21(14-8-17)31(28,29)27(20-5-3-2-4-6-20)16-15-22-25-23(26-30-22)18-9-11-19(24)12-10-18/h7-14,20H,2-6,15-16H2,1H3. The first kappa shape index (κ1) is 22.2. The van der Waals surface area contributed by atoms with E-state index in [1.165, 1.54) is 0 Å². The third-order valence-corrected chi connectivity index (χ3v) is 8.22. The first-order valence-corrected chi connectivity index (χ1v) is 12.8. The fraction of sp³-hybridized carbons (Fsp3) is 0.391. The summed E-state index contributed by atoms with van der Waals surface area (Å²) in [5, 5.41) is 4.07. The molecule has 0 amide bonds. The molecule has 8 heteroatoms. The summed E-state index contributed by atoms with van der Waals surface area (Å²) in [6, 6.07) is 14.7. The Morgan fingerprint density at radius 3 is 2.39 bits per heavy atom. The molecule has 3 aromatic rings. The van der Waals surface area contributed by atoms with Gasteiger partial charge in [-0.3, -0.25) is 0 Å². The summed E-state index contributed by atoms with van der Waals surface area (Å²) in [5.74, 6) is 0.950. The molecule has 1 aliphatic carbocycles. The molecule has 164 valence electrons. The van der Waals surface area contributed by atoms with Crippen LogP contribution in [0.15, 0.2) is 62.4 Å². The van der Waals surface area contributed by atoms with Gasteiger partial charge in [-0.2, -0.15) is 9.29 Å². The van der Waals surface area contributed by atoms with E-state index in [0.29, 0.717) is 29.6 Å². The number of aromatic nitrogens is 2. The van der Waals surface area contributed by atoms with Crippen LogP contribution < -0.4 is 0 Å². The van der Waals surface area contributed by atoms with Crippen LogP contribution >= 0.6 is 15.9 Å². The van der Waals surface area contributed by atoms with Gasteiger partial charge in [-0.25, -0.2) is 8.42 Å². The monoisotopic (exact) mass is 503 g/mol. The van der Waals surface area contributed by atoms with Crippen LogP contribution in [0.1, 0.15) is 43.6 Å². The van der Waals surface area contributed by atoms with Crippen molar-refractivity contribution >= 4 is 26.0 Å². The van der Waals surface area contributed by atoms with Crippen LogP contribution in [-0.4, -0.2) is 35.5 Å². The summed E-state index contributed by atoms with van der Waals surface area (Å²) < 4.78 is 35.0. The van der Waals surface area contributed by atoms with Gasteiger partial charge >= 0.3 is 0 Å². The molecule has 0 spiro atoms. The summed E-state index contributed by atoms with van der Waals surface area (Å²) in [5.41, 5.74) is 1.89. The Labute approximate surface area is 191 Å². The Hall–Kier alpha value is -2.03. The predicted molar refractivity (Wildman–Crippen MR) is 123 cm³/mol.